The summed E-state index contributed by atoms with van der Waals surface area (Å²) in [6.45, 7) is 2.21. The summed E-state index contributed by atoms with van der Waals surface area (Å²) in [7, 11) is 0. The van der Waals surface area contributed by atoms with Crippen LogP contribution in [0, 0.1) is 6.42 Å². The summed E-state index contributed by atoms with van der Waals surface area (Å²) >= 11 is 0. The Bertz CT molecular complexity index is 415. The predicted molar refractivity (Wildman–Crippen MR) is 62.3 cm³/mol. The third-order valence-electron chi connectivity index (χ3n) is 2.44. The van der Waals surface area contributed by atoms with Crippen LogP contribution in [0.15, 0.2) is 42.5 Å². The van der Waals surface area contributed by atoms with Gasteiger partial charge >= 0.3 is 0 Å². The third kappa shape index (κ3) is 1.95. The molecule has 0 heteroatoms. The van der Waals surface area contributed by atoms with E-state index < -0.39 is 0 Å². The van der Waals surface area contributed by atoms with Gasteiger partial charge in [0.25, 0.3) is 0 Å². The smallest absolute Gasteiger partial charge is 0.00930 e. The molecule has 2 aromatic carbocycles. The Morgan fingerprint density at radius 3 is 2.57 bits per heavy atom. The summed E-state index contributed by atoms with van der Waals surface area (Å²) in [6, 6.07) is 15.1. The largest absolute Gasteiger partial charge is 0.0654 e. The molecule has 1 radical (unpaired) electrons. The minimum Gasteiger partial charge on any atom is -0.0654 e. The monoisotopic (exact) mass is 183 g/mol. The number of rotatable bonds is 3. The summed E-state index contributed by atoms with van der Waals surface area (Å²) < 4.78 is 0. The highest BCUT2D eigenvalue weighted by atomic mass is 14.0. The Morgan fingerprint density at radius 2 is 1.79 bits per heavy atom. The van der Waals surface area contributed by atoms with Crippen molar-refractivity contribution in [3.63, 3.8) is 0 Å². The van der Waals surface area contributed by atoms with Gasteiger partial charge in [0.2, 0.25) is 0 Å². The summed E-state index contributed by atoms with van der Waals surface area (Å²) in [4.78, 5) is 0. The topological polar surface area (TPSA) is 0 Å². The van der Waals surface area contributed by atoms with Crippen LogP contribution in [0.3, 0.4) is 0 Å². The van der Waals surface area contributed by atoms with Gasteiger partial charge in [-0.15, -0.1) is 0 Å². The molecule has 0 amide bonds. The molecule has 0 heterocycles. The number of hydrogen-bond acceptors (Lipinski definition) is 0. The van der Waals surface area contributed by atoms with Crippen LogP contribution in [0.1, 0.15) is 25.3 Å². The van der Waals surface area contributed by atoms with Crippen LogP contribution in [0.25, 0.3) is 10.8 Å². The third-order valence-corrected chi connectivity index (χ3v) is 2.44. The normalized spacial score (nSPS) is 10.6. The van der Waals surface area contributed by atoms with E-state index in [0.717, 1.165) is 0 Å². The van der Waals surface area contributed by atoms with E-state index in [0.29, 0.717) is 0 Å². The average molecular weight is 183 g/mol. The van der Waals surface area contributed by atoms with Gasteiger partial charge in [-0.2, -0.15) is 0 Å². The van der Waals surface area contributed by atoms with E-state index in [1.54, 1.807) is 0 Å². The van der Waals surface area contributed by atoms with Crippen molar-refractivity contribution in [2.75, 3.05) is 0 Å². The molecule has 0 unspecified atom stereocenters. The zero-order valence-electron chi connectivity index (χ0n) is 8.53. The molecule has 0 fully saturated rings. The first-order valence-corrected chi connectivity index (χ1v) is 5.22. The first-order chi connectivity index (χ1) is 6.90. The summed E-state index contributed by atoms with van der Waals surface area (Å²) in [5.41, 5.74) is 1.34. The van der Waals surface area contributed by atoms with Crippen molar-refractivity contribution in [2.45, 2.75) is 19.8 Å². The van der Waals surface area contributed by atoms with Crippen molar-refractivity contribution in [1.82, 2.24) is 0 Å². The molecule has 0 spiro atoms. The molecule has 0 N–H and O–H groups in total. The molecule has 0 atom stereocenters. The Balaban J connectivity index is 2.32. The van der Waals surface area contributed by atoms with Crippen molar-refractivity contribution in [3.05, 3.63) is 54.4 Å². The van der Waals surface area contributed by atoms with E-state index >= 15 is 0 Å². The quantitative estimate of drug-likeness (QED) is 0.669. The van der Waals surface area contributed by atoms with Crippen LogP contribution < -0.4 is 0 Å². The van der Waals surface area contributed by atoms with Gasteiger partial charge in [0.05, 0.1) is 0 Å². The van der Waals surface area contributed by atoms with E-state index in [-0.39, 0.29) is 0 Å². The van der Waals surface area contributed by atoms with Gasteiger partial charge in [-0.3, -0.25) is 0 Å². The fourth-order valence-electron chi connectivity index (χ4n) is 1.65. The Morgan fingerprint density at radius 1 is 1.00 bits per heavy atom. The molecule has 0 aromatic heterocycles. The van der Waals surface area contributed by atoms with Crippen molar-refractivity contribution < 1.29 is 0 Å². The van der Waals surface area contributed by atoms with Crippen molar-refractivity contribution >= 4 is 10.8 Å². The lowest BCUT2D eigenvalue weighted by molar-refractivity contribution is 0.914. The molecule has 0 nitrogen and oxygen atoms in total. The molecule has 71 valence electrons. The zero-order chi connectivity index (χ0) is 9.80. The van der Waals surface area contributed by atoms with E-state index in [1.807, 2.05) is 0 Å². The summed E-state index contributed by atoms with van der Waals surface area (Å²) in [5.74, 6) is 0. The number of unbranched alkanes of at least 4 members (excludes halogenated alkanes) is 1. The number of fused-ring (bicyclic) bond motifs is 1. The lowest BCUT2D eigenvalue weighted by atomic mass is 10.0. The summed E-state index contributed by atoms with van der Waals surface area (Å²) in [5, 5.41) is 2.65. The van der Waals surface area contributed by atoms with Crippen LogP contribution in [-0.4, -0.2) is 0 Å². The highest BCUT2D eigenvalue weighted by Gasteiger charge is 1.95. The molecular formula is C14H15. The standard InChI is InChI=1S/C14H15/c1-2-3-6-12-9-10-13-7-4-5-8-14(13)11-12/h4-11H,2-3H2,1H3. The molecule has 0 saturated carbocycles. The van der Waals surface area contributed by atoms with E-state index in [1.165, 1.54) is 29.2 Å². The van der Waals surface area contributed by atoms with E-state index in [2.05, 4.69) is 55.8 Å². The fourth-order valence-corrected chi connectivity index (χ4v) is 1.65. The van der Waals surface area contributed by atoms with Crippen LogP contribution in [0.4, 0.5) is 0 Å². The van der Waals surface area contributed by atoms with Crippen LogP contribution in [-0.2, 0) is 0 Å². The predicted octanol–water partition coefficient (Wildman–Crippen LogP) is 4.19. The number of benzene rings is 2. The van der Waals surface area contributed by atoms with Crippen molar-refractivity contribution in [1.29, 1.82) is 0 Å². The van der Waals surface area contributed by atoms with E-state index in [9.17, 15) is 0 Å². The summed E-state index contributed by atoms with van der Waals surface area (Å²) in [6.07, 6.45) is 4.68. The molecule has 0 bridgehead atoms. The van der Waals surface area contributed by atoms with Gasteiger partial charge in [-0.1, -0.05) is 55.8 Å². The van der Waals surface area contributed by atoms with Crippen LogP contribution in [0.5, 0.6) is 0 Å². The highest BCUT2D eigenvalue weighted by Crippen LogP contribution is 2.17. The second kappa shape index (κ2) is 4.28. The van der Waals surface area contributed by atoms with Gasteiger partial charge in [0.15, 0.2) is 0 Å². The van der Waals surface area contributed by atoms with Gasteiger partial charge in [-0.05, 0) is 29.2 Å². The molecule has 0 aliphatic heterocycles. The average Bonchev–Trinajstić information content (AvgIpc) is 2.26. The van der Waals surface area contributed by atoms with Gasteiger partial charge < -0.3 is 0 Å². The fraction of sp³-hybridized carbons (Fsp3) is 0.214. The molecule has 2 aromatic rings. The van der Waals surface area contributed by atoms with Crippen LogP contribution in [0.2, 0.25) is 0 Å². The van der Waals surface area contributed by atoms with Gasteiger partial charge in [0, 0.05) is 0 Å². The maximum atomic E-state index is 2.30. The zero-order valence-corrected chi connectivity index (χ0v) is 8.53. The second-order valence-corrected chi connectivity index (χ2v) is 3.60. The molecule has 14 heavy (non-hydrogen) atoms. The molecule has 2 rings (SSSR count). The van der Waals surface area contributed by atoms with Crippen molar-refractivity contribution in [3.8, 4) is 0 Å². The minimum absolute atomic E-state index is 1.17. The van der Waals surface area contributed by atoms with Crippen molar-refractivity contribution in [2.24, 2.45) is 0 Å². The Labute approximate surface area is 85.6 Å². The molecular weight excluding hydrogens is 168 g/mol. The van der Waals surface area contributed by atoms with Crippen LogP contribution >= 0.6 is 0 Å². The first kappa shape index (κ1) is 9.26. The molecule has 0 saturated heterocycles. The molecule has 0 aliphatic rings. The maximum absolute atomic E-state index is 2.30. The highest BCUT2D eigenvalue weighted by molar-refractivity contribution is 5.83. The van der Waals surface area contributed by atoms with Gasteiger partial charge in [0.1, 0.15) is 0 Å². The lowest BCUT2D eigenvalue weighted by Gasteiger charge is -2.02. The number of hydrogen-bond donors (Lipinski definition) is 0. The Hall–Kier alpha value is -1.30. The first-order valence-electron chi connectivity index (χ1n) is 5.22. The lowest BCUT2D eigenvalue weighted by Crippen LogP contribution is -1.81. The Kier molecular flexibility index (Phi) is 2.83. The second-order valence-electron chi connectivity index (χ2n) is 3.60. The van der Waals surface area contributed by atoms with Gasteiger partial charge in [-0.25, -0.2) is 0 Å². The minimum atomic E-state index is 1.17. The SMILES string of the molecule is CCC[CH]c1ccc2ccccc2c1. The maximum Gasteiger partial charge on any atom is -0.00930 e. The van der Waals surface area contributed by atoms with E-state index in [4.69, 9.17) is 0 Å². The molecule has 0 aliphatic carbocycles.